The molecule has 0 aliphatic carbocycles. The van der Waals surface area contributed by atoms with Crippen LogP contribution in [0.1, 0.15) is 5.56 Å². The molecule has 15 aromatic rings. The van der Waals surface area contributed by atoms with Crippen molar-refractivity contribution in [2.75, 3.05) is 0 Å². The molecule has 5 heteroatoms. The molecule has 0 unspecified atom stereocenters. The number of benzene rings is 11. The Morgan fingerprint density at radius 1 is 0.236 bits per heavy atom. The van der Waals surface area contributed by atoms with Gasteiger partial charge in [-0.25, -0.2) is 0 Å². The van der Waals surface area contributed by atoms with E-state index in [1.807, 2.05) is 0 Å². The molecule has 4 aromatic heterocycles. The molecule has 0 saturated carbocycles. The average molecular weight is 1030 g/mol. The molecule has 72 heavy (non-hydrogen) atoms. The van der Waals surface area contributed by atoms with Crippen LogP contribution in [0.4, 0.5) is 0 Å². The van der Waals surface area contributed by atoms with Gasteiger partial charge in [-0.1, -0.05) is 127 Å². The number of hydrogen-bond acceptors (Lipinski definition) is 0. The summed E-state index contributed by atoms with van der Waals surface area (Å²) in [5, 5.41) is 9.97. The van der Waals surface area contributed by atoms with Crippen LogP contribution in [-0.2, 0) is 0 Å². The normalized spacial score (nSPS) is 12.0. The van der Waals surface area contributed by atoms with Gasteiger partial charge < -0.3 is 13.7 Å². The van der Waals surface area contributed by atoms with Gasteiger partial charge in [0.25, 0.3) is 0 Å². The highest BCUT2D eigenvalue weighted by molar-refractivity contribution is 14.1. The van der Waals surface area contributed by atoms with Gasteiger partial charge in [0.1, 0.15) is 0 Å². The summed E-state index contributed by atoms with van der Waals surface area (Å²) in [6.07, 6.45) is 0. The van der Waals surface area contributed by atoms with Crippen LogP contribution >= 0.6 is 22.9 Å². The Morgan fingerprint density at radius 3 is 1.08 bits per heavy atom. The van der Waals surface area contributed by atoms with Crippen molar-refractivity contribution >= 4 is 110 Å². The molecule has 0 aliphatic rings. The van der Waals surface area contributed by atoms with Crippen molar-refractivity contribution in [2.45, 2.75) is 6.92 Å². The number of rotatable bonds is 6. The molecule has 0 saturated heterocycles. The maximum absolute atomic E-state index is 2.46. The highest BCUT2D eigenvalue weighted by Crippen LogP contribution is 2.42. The molecule has 0 N–H and O–H groups in total. The Hall–Kier alpha value is -8.65. The van der Waals surface area contributed by atoms with Crippen LogP contribution in [0.5, 0.6) is 0 Å². The molecule has 15 rings (SSSR count). The van der Waals surface area contributed by atoms with Crippen LogP contribution in [0, 0.1) is 6.92 Å². The number of halogens is 1. The number of nitrogens with zero attached hydrogens (tertiary/aromatic N) is 4. The van der Waals surface area contributed by atoms with Gasteiger partial charge in [-0.3, -0.25) is 2.78 Å². The zero-order valence-electron chi connectivity index (χ0n) is 39.3. The molecule has 338 valence electrons. The first-order valence-electron chi connectivity index (χ1n) is 24.6. The molecule has 0 atom stereocenters. The third-order valence-corrected chi connectivity index (χ3v) is 16.1. The van der Waals surface area contributed by atoms with Crippen LogP contribution in [0.2, 0.25) is 0 Å². The molecular weight excluding hydrogens is 988 g/mol. The Balaban J connectivity index is 0.897. The van der Waals surface area contributed by atoms with E-state index in [0.29, 0.717) is 0 Å². The lowest BCUT2D eigenvalue weighted by Gasteiger charge is -2.11. The molecule has 0 aliphatic heterocycles. The predicted octanol–water partition coefficient (Wildman–Crippen LogP) is 18.6. The topological polar surface area (TPSA) is 19.7 Å². The Kier molecular flexibility index (Phi) is 9.11. The lowest BCUT2D eigenvalue weighted by molar-refractivity contribution is 1.17. The van der Waals surface area contributed by atoms with E-state index >= 15 is 0 Å². The van der Waals surface area contributed by atoms with Crippen molar-refractivity contribution in [1.29, 1.82) is 0 Å². The van der Waals surface area contributed by atoms with E-state index in [9.17, 15) is 0 Å². The van der Waals surface area contributed by atoms with Crippen LogP contribution in [0.25, 0.3) is 138 Å². The summed E-state index contributed by atoms with van der Waals surface area (Å²) in [7, 11) is 0. The van der Waals surface area contributed by atoms with Crippen molar-refractivity contribution in [1.82, 2.24) is 16.5 Å². The van der Waals surface area contributed by atoms with Crippen molar-refractivity contribution < 1.29 is 0 Å². The van der Waals surface area contributed by atoms with Gasteiger partial charge in [0.2, 0.25) is 0 Å². The minimum Gasteiger partial charge on any atom is -0.309 e. The van der Waals surface area contributed by atoms with Gasteiger partial charge in [0, 0.05) is 60.2 Å². The first kappa shape index (κ1) is 41.2. The monoisotopic (exact) mass is 1030 g/mol. The van der Waals surface area contributed by atoms with Gasteiger partial charge in [-0.15, -0.1) is 0 Å². The van der Waals surface area contributed by atoms with E-state index in [-0.39, 0.29) is 0 Å². The van der Waals surface area contributed by atoms with Crippen LogP contribution in [0.3, 0.4) is 0 Å². The maximum atomic E-state index is 2.46. The zero-order chi connectivity index (χ0) is 47.6. The fourth-order valence-electron chi connectivity index (χ4n) is 11.8. The third-order valence-electron chi connectivity index (χ3n) is 15.1. The first-order valence-corrected chi connectivity index (χ1v) is 25.6. The molecule has 0 spiro atoms. The summed E-state index contributed by atoms with van der Waals surface area (Å²) < 4.78 is 9.53. The van der Waals surface area contributed by atoms with E-state index in [4.69, 9.17) is 0 Å². The summed E-state index contributed by atoms with van der Waals surface area (Å²) in [4.78, 5) is 0. The second-order valence-corrected chi connectivity index (χ2v) is 20.2. The summed E-state index contributed by atoms with van der Waals surface area (Å²) >= 11 is 2.43. The third kappa shape index (κ3) is 6.23. The summed E-state index contributed by atoms with van der Waals surface area (Å²) in [5.41, 5.74) is 21.5. The van der Waals surface area contributed by atoms with Crippen molar-refractivity contribution in [3.8, 4) is 50.4 Å². The number of aromatic nitrogens is 4. The van der Waals surface area contributed by atoms with Gasteiger partial charge in [-0.05, 0) is 161 Å². The minimum absolute atomic E-state index is 1.15. The SMILES string of the molecule is Cc1cccc(-n2c3ccc(-c4ccc5c(c4)c4ccccc4n5-c4ccccc4)cc3c3ccc(-c4ccc5c(c4)c4cc(-c6ccc7c(c6)c6ccccc6n7I)ccc4n5-c4ccccc4)cc32)c1. The van der Waals surface area contributed by atoms with Crippen LogP contribution < -0.4 is 0 Å². The van der Waals surface area contributed by atoms with E-state index in [1.54, 1.807) is 0 Å². The van der Waals surface area contributed by atoms with Crippen molar-refractivity contribution in [2.24, 2.45) is 0 Å². The largest absolute Gasteiger partial charge is 0.309 e. The average Bonchev–Trinajstić information content (AvgIpc) is 4.15. The molecular formula is C67H43IN4. The number of fused-ring (bicyclic) bond motifs is 12. The molecule has 11 aromatic carbocycles. The predicted molar refractivity (Wildman–Crippen MR) is 313 cm³/mol. The number of aryl methyl sites for hydroxylation is 1. The maximum Gasteiger partial charge on any atom is 0.0646 e. The highest BCUT2D eigenvalue weighted by atomic mass is 127. The van der Waals surface area contributed by atoms with Crippen molar-refractivity contribution in [3.05, 3.63) is 248 Å². The second kappa shape index (κ2) is 15.9. The lowest BCUT2D eigenvalue weighted by atomic mass is 9.98. The summed E-state index contributed by atoms with van der Waals surface area (Å²) in [6, 6.07) is 89.8. The quantitative estimate of drug-likeness (QED) is 0.148. The molecule has 4 nitrogen and oxygen atoms in total. The second-order valence-electron chi connectivity index (χ2n) is 19.2. The molecule has 4 heterocycles. The Labute approximate surface area is 429 Å². The smallest absolute Gasteiger partial charge is 0.0646 e. The minimum atomic E-state index is 1.15. The summed E-state index contributed by atoms with van der Waals surface area (Å²) in [5.74, 6) is 0. The first-order chi connectivity index (χ1) is 35.5. The fraction of sp³-hybridized carbons (Fsp3) is 0.0149. The zero-order valence-corrected chi connectivity index (χ0v) is 41.4. The van der Waals surface area contributed by atoms with Gasteiger partial charge in [0.15, 0.2) is 0 Å². The standard InChI is InChI=1S/C67H43IN4/c1-42-13-12-18-51(35-42)71-62-31-25-44(43-24-30-61-55(36-43)52-19-8-10-21-60(52)69(61)49-14-4-2-5-15-49)37-56(62)54-29-23-48(41-67(54)71)47-27-33-64-59(40-47)58-39-45(26-32-63(58)70(64)50-16-6-3-7-17-50)46-28-34-66-57(38-46)53-20-9-11-22-65(53)72(66)68/h2-41H,1H3. The number of para-hydroxylation sites is 4. The molecule has 0 radical (unpaired) electrons. The molecule has 0 bridgehead atoms. The number of hydrogen-bond donors (Lipinski definition) is 0. The van der Waals surface area contributed by atoms with Gasteiger partial charge in [0.05, 0.1) is 67.0 Å². The summed E-state index contributed by atoms with van der Waals surface area (Å²) in [6.45, 7) is 2.18. The van der Waals surface area contributed by atoms with Gasteiger partial charge >= 0.3 is 0 Å². The van der Waals surface area contributed by atoms with E-state index < -0.39 is 0 Å². The van der Waals surface area contributed by atoms with Gasteiger partial charge in [-0.2, -0.15) is 0 Å². The molecule has 0 fully saturated rings. The van der Waals surface area contributed by atoms with E-state index in [2.05, 4.69) is 289 Å². The van der Waals surface area contributed by atoms with Crippen molar-refractivity contribution in [3.63, 3.8) is 0 Å². The fourth-order valence-corrected chi connectivity index (χ4v) is 12.6. The van der Waals surface area contributed by atoms with E-state index in [1.165, 1.54) is 132 Å². The van der Waals surface area contributed by atoms with Crippen LogP contribution in [0.15, 0.2) is 243 Å². The lowest BCUT2D eigenvalue weighted by Crippen LogP contribution is -1.94. The Morgan fingerprint density at radius 2 is 0.569 bits per heavy atom. The van der Waals surface area contributed by atoms with Crippen LogP contribution in [-0.4, -0.2) is 16.5 Å². The Bertz CT molecular complexity index is 4700. The molecule has 0 amide bonds. The van der Waals surface area contributed by atoms with E-state index in [0.717, 1.165) is 11.4 Å². The highest BCUT2D eigenvalue weighted by Gasteiger charge is 2.20.